The van der Waals surface area contributed by atoms with Crippen LogP contribution in [0.2, 0.25) is 0 Å². The molecule has 84 valence electrons. The summed E-state index contributed by atoms with van der Waals surface area (Å²) < 4.78 is 5.26. The van der Waals surface area contributed by atoms with E-state index in [0.29, 0.717) is 19.6 Å². The first-order valence-corrected chi connectivity index (χ1v) is 5.34. The molecule has 0 radical (unpaired) electrons. The summed E-state index contributed by atoms with van der Waals surface area (Å²) in [6.45, 7) is 6.52. The quantitative estimate of drug-likeness (QED) is 0.610. The Labute approximate surface area is 86.5 Å². The van der Waals surface area contributed by atoms with Crippen LogP contribution in [0.4, 0.5) is 0 Å². The molecule has 0 aliphatic heterocycles. The second-order valence-electron chi connectivity index (χ2n) is 3.83. The monoisotopic (exact) mass is 202 g/mol. The molecule has 2 atom stereocenters. The minimum atomic E-state index is -0.509. The molecule has 0 fully saturated rings. The first-order valence-electron chi connectivity index (χ1n) is 5.34. The van der Waals surface area contributed by atoms with Gasteiger partial charge in [-0.15, -0.1) is 0 Å². The number of ether oxygens (including phenoxy) is 1. The fourth-order valence-corrected chi connectivity index (χ4v) is 1.11. The molecule has 0 saturated carbocycles. The number of aliphatic hydroxyl groups is 1. The van der Waals surface area contributed by atoms with Crippen molar-refractivity contribution in [2.45, 2.75) is 46.1 Å². The zero-order valence-electron chi connectivity index (χ0n) is 9.45. The van der Waals surface area contributed by atoms with Crippen molar-refractivity contribution in [2.75, 3.05) is 13.2 Å². The van der Waals surface area contributed by atoms with Crippen LogP contribution in [-0.4, -0.2) is 30.2 Å². The van der Waals surface area contributed by atoms with E-state index in [0.717, 1.165) is 12.8 Å². The Kier molecular flexibility index (Phi) is 7.71. The van der Waals surface area contributed by atoms with Gasteiger partial charge in [-0.1, -0.05) is 20.3 Å². The van der Waals surface area contributed by atoms with E-state index in [1.54, 1.807) is 6.92 Å². The maximum atomic E-state index is 10.9. The molecule has 0 rings (SSSR count). The molecule has 1 N–H and O–H groups in total. The number of rotatable bonds is 8. The van der Waals surface area contributed by atoms with Crippen LogP contribution in [-0.2, 0) is 9.53 Å². The average Bonchev–Trinajstić information content (AvgIpc) is 2.12. The van der Waals surface area contributed by atoms with E-state index in [2.05, 4.69) is 6.92 Å². The van der Waals surface area contributed by atoms with E-state index in [-0.39, 0.29) is 11.7 Å². The van der Waals surface area contributed by atoms with Gasteiger partial charge in [0.1, 0.15) is 5.78 Å². The van der Waals surface area contributed by atoms with Crippen molar-refractivity contribution in [1.82, 2.24) is 0 Å². The van der Waals surface area contributed by atoms with Gasteiger partial charge >= 0.3 is 0 Å². The molecule has 3 heteroatoms. The van der Waals surface area contributed by atoms with Crippen molar-refractivity contribution < 1.29 is 14.6 Å². The van der Waals surface area contributed by atoms with Crippen LogP contribution < -0.4 is 0 Å². The van der Waals surface area contributed by atoms with Gasteiger partial charge in [0, 0.05) is 12.5 Å². The van der Waals surface area contributed by atoms with E-state index in [1.165, 1.54) is 0 Å². The Hall–Kier alpha value is -0.410. The second kappa shape index (κ2) is 7.94. The molecule has 0 bridgehead atoms. The van der Waals surface area contributed by atoms with Crippen molar-refractivity contribution in [3.8, 4) is 0 Å². The number of ketones is 1. The van der Waals surface area contributed by atoms with E-state index in [9.17, 15) is 9.90 Å². The van der Waals surface area contributed by atoms with Crippen LogP contribution in [0.25, 0.3) is 0 Å². The van der Waals surface area contributed by atoms with Crippen LogP contribution in [0, 0.1) is 5.92 Å². The Balaban J connectivity index is 3.45. The van der Waals surface area contributed by atoms with Crippen molar-refractivity contribution in [3.05, 3.63) is 0 Å². The Morgan fingerprint density at radius 1 is 1.50 bits per heavy atom. The zero-order valence-corrected chi connectivity index (χ0v) is 9.45. The normalized spacial score (nSPS) is 15.1. The van der Waals surface area contributed by atoms with Crippen LogP contribution in [0.1, 0.15) is 40.0 Å². The van der Waals surface area contributed by atoms with Gasteiger partial charge in [0.05, 0.1) is 12.7 Å². The summed E-state index contributed by atoms with van der Waals surface area (Å²) in [7, 11) is 0. The Morgan fingerprint density at radius 3 is 2.64 bits per heavy atom. The number of Topliss-reactive ketones (excluding diaryl/α,β-unsaturated/α-hetero) is 1. The summed E-state index contributed by atoms with van der Waals surface area (Å²) in [4.78, 5) is 10.9. The molecular formula is C11H22O3. The summed E-state index contributed by atoms with van der Waals surface area (Å²) in [6, 6.07) is 0. The Bertz CT molecular complexity index is 157. The zero-order chi connectivity index (χ0) is 11.0. The summed E-state index contributed by atoms with van der Waals surface area (Å²) >= 11 is 0. The first-order chi connectivity index (χ1) is 6.57. The smallest absolute Gasteiger partial charge is 0.132 e. The lowest BCUT2D eigenvalue weighted by atomic mass is 10.0. The molecule has 0 saturated heterocycles. The number of hydrogen-bond donors (Lipinski definition) is 1. The molecule has 2 unspecified atom stereocenters. The molecule has 3 nitrogen and oxygen atoms in total. The third-order valence-corrected chi connectivity index (χ3v) is 2.27. The maximum absolute atomic E-state index is 10.9. The predicted molar refractivity (Wildman–Crippen MR) is 56.2 cm³/mol. The molecule has 0 heterocycles. The number of unbranched alkanes of at least 4 members (excludes halogenated alkanes) is 1. The van der Waals surface area contributed by atoms with E-state index < -0.39 is 6.10 Å². The third-order valence-electron chi connectivity index (χ3n) is 2.27. The van der Waals surface area contributed by atoms with Crippen LogP contribution in [0.15, 0.2) is 0 Å². The molecule has 0 spiro atoms. The molecule has 0 aromatic carbocycles. The largest absolute Gasteiger partial charge is 0.391 e. The van der Waals surface area contributed by atoms with Gasteiger partial charge in [0.2, 0.25) is 0 Å². The highest BCUT2D eigenvalue weighted by Gasteiger charge is 2.13. The van der Waals surface area contributed by atoms with E-state index in [1.807, 2.05) is 6.92 Å². The van der Waals surface area contributed by atoms with E-state index in [4.69, 9.17) is 4.74 Å². The van der Waals surface area contributed by atoms with E-state index >= 15 is 0 Å². The predicted octanol–water partition coefficient (Wildman–Crippen LogP) is 1.78. The topological polar surface area (TPSA) is 46.5 Å². The minimum Gasteiger partial charge on any atom is -0.391 e. The van der Waals surface area contributed by atoms with Gasteiger partial charge < -0.3 is 9.84 Å². The van der Waals surface area contributed by atoms with Gasteiger partial charge in [-0.3, -0.25) is 4.79 Å². The second-order valence-corrected chi connectivity index (χ2v) is 3.83. The molecule has 0 aliphatic carbocycles. The van der Waals surface area contributed by atoms with Crippen molar-refractivity contribution in [2.24, 2.45) is 5.92 Å². The molecule has 14 heavy (non-hydrogen) atoms. The fourth-order valence-electron chi connectivity index (χ4n) is 1.11. The SMILES string of the molecule is CCCCOCC(O)CC(C)C(C)=O. The molecule has 0 aliphatic rings. The summed E-state index contributed by atoms with van der Waals surface area (Å²) in [6.07, 6.45) is 2.11. The van der Waals surface area contributed by atoms with Crippen LogP contribution >= 0.6 is 0 Å². The lowest BCUT2D eigenvalue weighted by Crippen LogP contribution is -2.21. The van der Waals surface area contributed by atoms with Gasteiger partial charge in [-0.25, -0.2) is 0 Å². The molecule has 0 aromatic heterocycles. The lowest BCUT2D eigenvalue weighted by Gasteiger charge is -2.14. The summed E-state index contributed by atoms with van der Waals surface area (Å²) in [5.74, 6) is 0.0531. The van der Waals surface area contributed by atoms with Crippen molar-refractivity contribution >= 4 is 5.78 Å². The van der Waals surface area contributed by atoms with Gasteiger partial charge in [-0.05, 0) is 19.8 Å². The van der Waals surface area contributed by atoms with Crippen molar-refractivity contribution in [1.29, 1.82) is 0 Å². The van der Waals surface area contributed by atoms with Gasteiger partial charge in [0.15, 0.2) is 0 Å². The summed E-state index contributed by atoms with van der Waals surface area (Å²) in [5, 5.41) is 9.49. The Morgan fingerprint density at radius 2 is 2.14 bits per heavy atom. The first kappa shape index (κ1) is 13.6. The standard InChI is InChI=1S/C11H22O3/c1-4-5-6-14-8-11(13)7-9(2)10(3)12/h9,11,13H,4-8H2,1-3H3. The van der Waals surface area contributed by atoms with Gasteiger partial charge in [-0.2, -0.15) is 0 Å². The van der Waals surface area contributed by atoms with Crippen LogP contribution in [0.3, 0.4) is 0 Å². The van der Waals surface area contributed by atoms with Crippen LogP contribution in [0.5, 0.6) is 0 Å². The third kappa shape index (κ3) is 7.04. The average molecular weight is 202 g/mol. The number of hydrogen-bond acceptors (Lipinski definition) is 3. The number of carbonyl (C=O) groups excluding carboxylic acids is 1. The number of carbonyl (C=O) groups is 1. The van der Waals surface area contributed by atoms with Gasteiger partial charge in [0.25, 0.3) is 0 Å². The highest BCUT2D eigenvalue weighted by Crippen LogP contribution is 2.07. The highest BCUT2D eigenvalue weighted by molar-refractivity contribution is 5.77. The molecule has 0 amide bonds. The van der Waals surface area contributed by atoms with Crippen molar-refractivity contribution in [3.63, 3.8) is 0 Å². The highest BCUT2D eigenvalue weighted by atomic mass is 16.5. The maximum Gasteiger partial charge on any atom is 0.132 e. The lowest BCUT2D eigenvalue weighted by molar-refractivity contribution is -0.121. The fraction of sp³-hybridized carbons (Fsp3) is 0.909. The molecule has 0 aromatic rings. The minimum absolute atomic E-state index is 0.0697. The number of aliphatic hydroxyl groups excluding tert-OH is 1. The molecular weight excluding hydrogens is 180 g/mol. The summed E-state index contributed by atoms with van der Waals surface area (Å²) in [5.41, 5.74) is 0.